The standard InChI is InChI=1S/C28H29N5O3/c34-26-8-7-25(27(35)30-26)32-18-22-16-21(5-6-24(22)28(32)36)20-9-13-31(14-10-20)17-19-3-1-4-23(15-19)33-12-2-11-29-33/h1-6,11-12,15-16,20,25H,7-10,13-14,17-18H2,(H,30,34,35). The van der Waals surface area contributed by atoms with Crippen molar-refractivity contribution in [2.45, 2.75) is 50.7 Å². The van der Waals surface area contributed by atoms with Gasteiger partial charge >= 0.3 is 0 Å². The molecule has 3 aliphatic heterocycles. The fourth-order valence-electron chi connectivity index (χ4n) is 5.75. The van der Waals surface area contributed by atoms with Crippen molar-refractivity contribution in [2.75, 3.05) is 13.1 Å². The molecule has 3 aromatic rings. The molecule has 0 bridgehead atoms. The maximum atomic E-state index is 13.0. The van der Waals surface area contributed by atoms with Gasteiger partial charge in [0.2, 0.25) is 11.8 Å². The highest BCUT2D eigenvalue weighted by molar-refractivity contribution is 6.05. The van der Waals surface area contributed by atoms with E-state index in [1.54, 1.807) is 11.1 Å². The molecule has 2 fully saturated rings. The van der Waals surface area contributed by atoms with E-state index in [0.29, 0.717) is 24.4 Å². The highest BCUT2D eigenvalue weighted by Gasteiger charge is 2.39. The topological polar surface area (TPSA) is 87.5 Å². The molecule has 3 amide bonds. The zero-order valence-electron chi connectivity index (χ0n) is 20.1. The van der Waals surface area contributed by atoms with Crippen LogP contribution < -0.4 is 5.32 Å². The molecule has 2 saturated heterocycles. The lowest BCUT2D eigenvalue weighted by molar-refractivity contribution is -0.136. The van der Waals surface area contributed by atoms with Gasteiger partial charge in [-0.05, 0) is 79.2 Å². The van der Waals surface area contributed by atoms with Crippen LogP contribution in [0, 0.1) is 0 Å². The van der Waals surface area contributed by atoms with E-state index in [-0.39, 0.29) is 24.1 Å². The quantitative estimate of drug-likeness (QED) is 0.564. The Kier molecular flexibility index (Phi) is 5.89. The second-order valence-corrected chi connectivity index (χ2v) is 9.99. The van der Waals surface area contributed by atoms with Gasteiger partial charge in [-0.2, -0.15) is 5.10 Å². The Hall–Kier alpha value is -3.78. The van der Waals surface area contributed by atoms with E-state index in [1.807, 2.05) is 23.0 Å². The van der Waals surface area contributed by atoms with Gasteiger partial charge in [-0.1, -0.05) is 24.3 Å². The van der Waals surface area contributed by atoms with Crippen LogP contribution in [0.2, 0.25) is 0 Å². The summed E-state index contributed by atoms with van der Waals surface area (Å²) in [5.41, 5.74) is 5.29. The summed E-state index contributed by atoms with van der Waals surface area (Å²) in [4.78, 5) is 40.9. The Morgan fingerprint density at radius 1 is 0.972 bits per heavy atom. The van der Waals surface area contributed by atoms with Crippen LogP contribution in [-0.2, 0) is 22.7 Å². The summed E-state index contributed by atoms with van der Waals surface area (Å²) in [6.07, 6.45) is 6.55. The van der Waals surface area contributed by atoms with Gasteiger partial charge in [-0.25, -0.2) is 4.68 Å². The van der Waals surface area contributed by atoms with E-state index in [9.17, 15) is 14.4 Å². The summed E-state index contributed by atoms with van der Waals surface area (Å²) in [7, 11) is 0. The molecule has 0 spiro atoms. The number of fused-ring (bicyclic) bond motifs is 1. The summed E-state index contributed by atoms with van der Waals surface area (Å²) in [5.74, 6) is -0.283. The Labute approximate surface area is 209 Å². The predicted octanol–water partition coefficient (Wildman–Crippen LogP) is 3.01. The van der Waals surface area contributed by atoms with Crippen LogP contribution in [0.1, 0.15) is 58.6 Å². The van der Waals surface area contributed by atoms with Gasteiger partial charge < -0.3 is 4.90 Å². The molecule has 8 nitrogen and oxygen atoms in total. The van der Waals surface area contributed by atoms with Crippen molar-refractivity contribution < 1.29 is 14.4 Å². The molecule has 8 heteroatoms. The van der Waals surface area contributed by atoms with Crippen LogP contribution in [0.25, 0.3) is 5.69 Å². The largest absolute Gasteiger partial charge is 0.322 e. The molecular weight excluding hydrogens is 454 g/mol. The highest BCUT2D eigenvalue weighted by Crippen LogP contribution is 2.34. The van der Waals surface area contributed by atoms with Crippen molar-refractivity contribution in [1.82, 2.24) is 24.9 Å². The molecule has 2 aromatic carbocycles. The number of carbonyl (C=O) groups excluding carboxylic acids is 3. The molecule has 1 aromatic heterocycles. The minimum absolute atomic E-state index is 0.113. The molecule has 1 N–H and O–H groups in total. The molecule has 0 saturated carbocycles. The number of carbonyl (C=O) groups is 3. The first-order valence-corrected chi connectivity index (χ1v) is 12.6. The lowest BCUT2D eigenvalue weighted by atomic mass is 9.87. The number of imide groups is 1. The minimum atomic E-state index is -0.568. The average molecular weight is 484 g/mol. The van der Waals surface area contributed by atoms with Crippen molar-refractivity contribution in [2.24, 2.45) is 0 Å². The van der Waals surface area contributed by atoms with Crippen molar-refractivity contribution >= 4 is 17.7 Å². The number of nitrogens with one attached hydrogen (secondary N) is 1. The fourth-order valence-corrected chi connectivity index (χ4v) is 5.75. The van der Waals surface area contributed by atoms with Gasteiger partial charge in [0.15, 0.2) is 0 Å². The second-order valence-electron chi connectivity index (χ2n) is 9.99. The first-order chi connectivity index (χ1) is 17.5. The van der Waals surface area contributed by atoms with E-state index in [0.717, 1.165) is 43.7 Å². The first-order valence-electron chi connectivity index (χ1n) is 12.6. The zero-order valence-corrected chi connectivity index (χ0v) is 20.1. The third kappa shape index (κ3) is 4.33. The highest BCUT2D eigenvalue weighted by atomic mass is 16.2. The smallest absolute Gasteiger partial charge is 0.255 e. The number of hydrogen-bond donors (Lipinski definition) is 1. The molecule has 0 radical (unpaired) electrons. The monoisotopic (exact) mass is 483 g/mol. The van der Waals surface area contributed by atoms with E-state index < -0.39 is 6.04 Å². The molecular formula is C28H29N5O3. The number of likely N-dealkylation sites (tertiary alicyclic amines) is 1. The number of nitrogens with zero attached hydrogens (tertiary/aromatic N) is 4. The number of rotatable bonds is 5. The summed E-state index contributed by atoms with van der Waals surface area (Å²) in [6, 6.07) is 16.1. The predicted molar refractivity (Wildman–Crippen MR) is 133 cm³/mol. The third-order valence-corrected chi connectivity index (χ3v) is 7.69. The zero-order chi connectivity index (χ0) is 24.6. The van der Waals surface area contributed by atoms with Crippen LogP contribution >= 0.6 is 0 Å². The number of benzene rings is 2. The summed E-state index contributed by atoms with van der Waals surface area (Å²) in [6.45, 7) is 3.39. The van der Waals surface area contributed by atoms with Crippen molar-refractivity contribution in [3.63, 3.8) is 0 Å². The lowest BCUT2D eigenvalue weighted by Crippen LogP contribution is -2.52. The molecule has 3 aliphatic rings. The van der Waals surface area contributed by atoms with Gasteiger partial charge in [0, 0.05) is 37.5 Å². The number of amides is 3. The van der Waals surface area contributed by atoms with Crippen molar-refractivity contribution in [3.05, 3.63) is 83.2 Å². The minimum Gasteiger partial charge on any atom is -0.322 e. The fraction of sp³-hybridized carbons (Fsp3) is 0.357. The van der Waals surface area contributed by atoms with Crippen LogP contribution in [0.5, 0.6) is 0 Å². The van der Waals surface area contributed by atoms with E-state index in [2.05, 4.69) is 51.7 Å². The maximum Gasteiger partial charge on any atom is 0.255 e. The Bertz CT molecular complexity index is 1310. The number of hydrogen-bond acceptors (Lipinski definition) is 5. The third-order valence-electron chi connectivity index (χ3n) is 7.69. The van der Waals surface area contributed by atoms with E-state index in [1.165, 1.54) is 11.1 Å². The van der Waals surface area contributed by atoms with Gasteiger partial charge in [0.25, 0.3) is 5.91 Å². The summed E-state index contributed by atoms with van der Waals surface area (Å²) < 4.78 is 1.88. The normalized spacial score (nSPS) is 21.1. The molecule has 0 aliphatic carbocycles. The average Bonchev–Trinajstić information content (AvgIpc) is 3.53. The maximum absolute atomic E-state index is 13.0. The van der Waals surface area contributed by atoms with Gasteiger partial charge in [0.05, 0.1) is 5.69 Å². The number of aromatic nitrogens is 2. The van der Waals surface area contributed by atoms with Crippen LogP contribution in [-0.4, -0.2) is 56.4 Å². The van der Waals surface area contributed by atoms with Gasteiger partial charge in [-0.3, -0.25) is 24.6 Å². The molecule has 6 rings (SSSR count). The Balaban J connectivity index is 1.08. The molecule has 36 heavy (non-hydrogen) atoms. The molecule has 1 atom stereocenters. The Morgan fingerprint density at radius 2 is 1.83 bits per heavy atom. The van der Waals surface area contributed by atoms with E-state index in [4.69, 9.17) is 0 Å². The van der Waals surface area contributed by atoms with Crippen LogP contribution in [0.4, 0.5) is 0 Å². The van der Waals surface area contributed by atoms with Gasteiger partial charge in [-0.15, -0.1) is 0 Å². The van der Waals surface area contributed by atoms with Crippen LogP contribution in [0.15, 0.2) is 60.9 Å². The van der Waals surface area contributed by atoms with Crippen LogP contribution in [0.3, 0.4) is 0 Å². The van der Waals surface area contributed by atoms with Gasteiger partial charge in [0.1, 0.15) is 6.04 Å². The number of piperidine rings is 2. The molecule has 4 heterocycles. The summed E-state index contributed by atoms with van der Waals surface area (Å²) in [5, 5.41) is 6.70. The SMILES string of the molecule is O=C1CCC(N2Cc3cc(C4CCN(Cc5cccc(-n6cccn6)c5)CC4)ccc3C2=O)C(=O)N1. The van der Waals surface area contributed by atoms with Crippen molar-refractivity contribution in [1.29, 1.82) is 0 Å². The van der Waals surface area contributed by atoms with Crippen molar-refractivity contribution in [3.8, 4) is 5.69 Å². The second kappa shape index (κ2) is 9.35. The molecule has 1 unspecified atom stereocenters. The first kappa shape index (κ1) is 22.7. The van der Waals surface area contributed by atoms with E-state index >= 15 is 0 Å². The Morgan fingerprint density at radius 3 is 2.61 bits per heavy atom. The summed E-state index contributed by atoms with van der Waals surface area (Å²) >= 11 is 0. The lowest BCUT2D eigenvalue weighted by Gasteiger charge is -2.32. The molecule has 184 valence electrons.